The molecule has 0 aromatic heterocycles. The van der Waals surface area contributed by atoms with Gasteiger partial charge in [-0.25, -0.2) is 0 Å². The van der Waals surface area contributed by atoms with Crippen molar-refractivity contribution in [1.82, 2.24) is 0 Å². The molecule has 0 atom stereocenters. The zero-order chi connectivity index (χ0) is 11.4. The van der Waals surface area contributed by atoms with Gasteiger partial charge in [0.25, 0.3) is 0 Å². The molecule has 0 saturated heterocycles. The molecule has 0 radical (unpaired) electrons. The van der Waals surface area contributed by atoms with Gasteiger partial charge in [-0.05, 0) is 6.92 Å². The van der Waals surface area contributed by atoms with E-state index >= 15 is 0 Å². The van der Waals surface area contributed by atoms with E-state index in [2.05, 4.69) is 44.2 Å². The Hall–Kier alpha value is -0.497. The van der Waals surface area contributed by atoms with Gasteiger partial charge in [0, 0.05) is 0 Å². The molecule has 2 aromatic rings. The zero-order valence-corrected chi connectivity index (χ0v) is 11.0. The van der Waals surface area contributed by atoms with E-state index < -0.39 is 23.6 Å². The molecular weight excluding hydrogens is 280 g/mol. The normalized spacial score (nSPS) is 9.67. The van der Waals surface area contributed by atoms with Crippen LogP contribution in [0.2, 0.25) is 0 Å². The van der Waals surface area contributed by atoms with E-state index in [9.17, 15) is 7.88 Å². The van der Waals surface area contributed by atoms with Gasteiger partial charge in [-0.2, -0.15) is 6.07 Å². The second-order valence-corrected chi connectivity index (χ2v) is 4.38. The van der Waals surface area contributed by atoms with Crippen LogP contribution in [0, 0.1) is 13.8 Å². The summed E-state index contributed by atoms with van der Waals surface area (Å²) in [7, 11) is 0. The van der Waals surface area contributed by atoms with Crippen molar-refractivity contribution in [3.05, 3.63) is 41.5 Å². The van der Waals surface area contributed by atoms with Gasteiger partial charge in [0.05, 0.1) is 0 Å². The third-order valence-electron chi connectivity index (χ3n) is 2.11. The van der Waals surface area contributed by atoms with E-state index in [4.69, 9.17) is 0 Å². The number of halogens is 3. The van der Waals surface area contributed by atoms with E-state index in [-0.39, 0.29) is 0 Å². The first-order chi connectivity index (χ1) is 7.00. The molecule has 15 heavy (non-hydrogen) atoms. The second-order valence-electron chi connectivity index (χ2n) is 3.32. The van der Waals surface area contributed by atoms with Crippen LogP contribution in [-0.4, -0.2) is 0 Å². The molecule has 0 nitrogen and oxygen atoms in total. The summed E-state index contributed by atoms with van der Waals surface area (Å²) >= 11 is -5.04. The number of hydrogen-bond donors (Lipinski definition) is 0. The van der Waals surface area contributed by atoms with Crippen LogP contribution in [0.1, 0.15) is 11.1 Å². The molecule has 0 N–H and O–H groups in total. The predicted octanol–water partition coefficient (Wildman–Crippen LogP) is 4.43. The van der Waals surface area contributed by atoms with Gasteiger partial charge in [0.2, 0.25) is 0 Å². The monoisotopic (exact) mass is 290 g/mol. The van der Waals surface area contributed by atoms with Crippen molar-refractivity contribution in [1.29, 1.82) is 0 Å². The fourth-order valence-electron chi connectivity index (χ4n) is 1.54. The van der Waals surface area contributed by atoms with Crippen molar-refractivity contribution < 1.29 is 31.5 Å². The quantitative estimate of drug-likeness (QED) is 0.630. The number of benzene rings is 1. The molecule has 0 heterocycles. The summed E-state index contributed by atoms with van der Waals surface area (Å²) in [6, 6.07) is 10.9. The van der Waals surface area contributed by atoms with Crippen LogP contribution in [-0.2, 0) is 23.6 Å². The predicted molar refractivity (Wildman–Crippen MR) is 52.3 cm³/mol. The molecule has 0 aliphatic rings. The molecule has 0 spiro atoms. The van der Waals surface area contributed by atoms with Gasteiger partial charge in [-0.3, -0.25) is 0 Å². The summed E-state index contributed by atoms with van der Waals surface area (Å²) in [4.78, 5) is 0. The summed E-state index contributed by atoms with van der Waals surface area (Å²) in [5.74, 6) is 0. The minimum absolute atomic E-state index is 1.36. The Morgan fingerprint density at radius 1 is 1.13 bits per heavy atom. The fourth-order valence-corrected chi connectivity index (χ4v) is 1.54. The van der Waals surface area contributed by atoms with Crippen LogP contribution >= 0.6 is 0 Å². The molecule has 0 aliphatic carbocycles. The average Bonchev–Trinajstić information content (AvgIpc) is 2.46. The number of aryl methyl sites for hydroxylation is 2. The van der Waals surface area contributed by atoms with Crippen LogP contribution in [0.25, 0.3) is 10.8 Å². The van der Waals surface area contributed by atoms with Crippen molar-refractivity contribution in [3.8, 4) is 0 Å². The molecule has 2 rings (SSSR count). The van der Waals surface area contributed by atoms with E-state index in [0.29, 0.717) is 0 Å². The maximum absolute atomic E-state index is 9.86. The van der Waals surface area contributed by atoms with Crippen LogP contribution < -0.4 is 0 Å². The zero-order valence-electron chi connectivity index (χ0n) is 8.52. The number of hydrogen-bond acceptors (Lipinski definition) is 0. The van der Waals surface area contributed by atoms with Crippen molar-refractivity contribution in [2.24, 2.45) is 0 Å². The summed E-state index contributed by atoms with van der Waals surface area (Å²) in [6.45, 7) is 4.29. The second kappa shape index (κ2) is 5.55. The van der Waals surface area contributed by atoms with Crippen LogP contribution in [0.3, 0.4) is 0 Å². The third kappa shape index (κ3) is 3.86. The van der Waals surface area contributed by atoms with Gasteiger partial charge in [-0.15, -0.1) is 34.5 Å². The van der Waals surface area contributed by atoms with E-state index in [0.717, 1.165) is 0 Å². The van der Waals surface area contributed by atoms with Gasteiger partial charge in [0.1, 0.15) is 0 Å². The van der Waals surface area contributed by atoms with Crippen molar-refractivity contribution in [2.45, 2.75) is 13.8 Å². The topological polar surface area (TPSA) is 0 Å². The first-order valence-corrected chi connectivity index (χ1v) is 7.25. The van der Waals surface area contributed by atoms with Crippen LogP contribution in [0.5, 0.6) is 0 Å². The first-order valence-electron chi connectivity index (χ1n) is 4.47. The number of rotatable bonds is 0. The Bertz CT molecular complexity index is 432. The Balaban J connectivity index is 0.000000245. The summed E-state index contributed by atoms with van der Waals surface area (Å²) < 4.78 is 29.6. The first kappa shape index (κ1) is 12.6. The fraction of sp³-hybridized carbons (Fsp3) is 0.182. The van der Waals surface area contributed by atoms with E-state index in [1.807, 2.05) is 0 Å². The maximum atomic E-state index is 9.86. The van der Waals surface area contributed by atoms with Crippen LogP contribution in [0.15, 0.2) is 30.3 Å². The number of fused-ring (bicyclic) bond motifs is 1. The Morgan fingerprint density at radius 2 is 1.73 bits per heavy atom. The molecule has 2 aromatic carbocycles. The minimum atomic E-state index is -5.04. The van der Waals surface area contributed by atoms with Gasteiger partial charge in [0.15, 0.2) is 0 Å². The van der Waals surface area contributed by atoms with Crippen molar-refractivity contribution >= 4 is 10.8 Å². The van der Waals surface area contributed by atoms with Gasteiger partial charge < -0.3 is 0 Å². The molecule has 0 unspecified atom stereocenters. The summed E-state index contributed by atoms with van der Waals surface area (Å²) in [5, 5.41) is 2.76. The molecule has 4 heteroatoms. The molecule has 81 valence electrons. The Kier molecular flexibility index (Phi) is 4.65. The standard InChI is InChI=1S/C11H11.3FH.Zr/c1-8-6-10-5-3-4-9(2)11(10)7-8;;;;/h3-7H,1-2H3;3*1H;/q-1;;;;+3/p-3. The Morgan fingerprint density at radius 3 is 2.27 bits per heavy atom. The molecule has 0 amide bonds. The molecule has 0 saturated carbocycles. The molecular formula is C11H11F3Zr-. The molecule has 0 bridgehead atoms. The summed E-state index contributed by atoms with van der Waals surface area (Å²) in [6.07, 6.45) is 0. The van der Waals surface area contributed by atoms with Gasteiger partial charge in [-0.1, -0.05) is 18.6 Å². The third-order valence-corrected chi connectivity index (χ3v) is 2.11. The van der Waals surface area contributed by atoms with Crippen LogP contribution in [0.4, 0.5) is 7.88 Å². The van der Waals surface area contributed by atoms with E-state index in [1.165, 1.54) is 21.9 Å². The van der Waals surface area contributed by atoms with E-state index in [1.54, 1.807) is 0 Å². The SMILES string of the molecule is Cc1cc2c(C)cccc2[cH-]1.[F][Zr]([F])[F]. The van der Waals surface area contributed by atoms with Crippen molar-refractivity contribution in [3.63, 3.8) is 0 Å². The molecule has 0 aliphatic heterocycles. The van der Waals surface area contributed by atoms with Gasteiger partial charge >= 0.3 is 31.5 Å². The average molecular weight is 291 g/mol. The Labute approximate surface area is 97.4 Å². The summed E-state index contributed by atoms with van der Waals surface area (Å²) in [5.41, 5.74) is 2.73. The van der Waals surface area contributed by atoms with Crippen molar-refractivity contribution in [2.75, 3.05) is 0 Å². The molecule has 0 fully saturated rings.